The van der Waals surface area contributed by atoms with E-state index in [4.69, 9.17) is 4.74 Å². The molecule has 0 aromatic heterocycles. The molecule has 116 valence electrons. The van der Waals surface area contributed by atoms with Gasteiger partial charge in [-0.3, -0.25) is 9.79 Å². The lowest BCUT2D eigenvalue weighted by Crippen LogP contribution is -2.64. The Balaban J connectivity index is 2.58. The van der Waals surface area contributed by atoms with Gasteiger partial charge in [-0.2, -0.15) is 0 Å². The van der Waals surface area contributed by atoms with Gasteiger partial charge in [0.2, 0.25) is 0 Å². The van der Waals surface area contributed by atoms with Crippen LogP contribution in [-0.2, 0) is 28.6 Å². The van der Waals surface area contributed by atoms with Crippen molar-refractivity contribution < 1.29 is 28.6 Å². The molecule has 1 atom stereocenters. The molecule has 0 N–H and O–H groups in total. The molecule has 0 spiro atoms. The minimum atomic E-state index is -2.05. The van der Waals surface area contributed by atoms with Crippen LogP contribution >= 0.6 is 0 Å². The van der Waals surface area contributed by atoms with Crippen molar-refractivity contribution in [3.8, 4) is 0 Å². The van der Waals surface area contributed by atoms with Crippen LogP contribution in [0.15, 0.2) is 35.3 Å². The summed E-state index contributed by atoms with van der Waals surface area (Å²) in [6.07, 6.45) is 0. The first-order valence-corrected chi connectivity index (χ1v) is 6.42. The van der Waals surface area contributed by atoms with Crippen molar-refractivity contribution in [1.82, 2.24) is 0 Å². The fraction of sp³-hybridized carbons (Fsp3) is 0.333. The summed E-state index contributed by atoms with van der Waals surface area (Å²) in [6, 6.07) is 8.73. The Morgan fingerprint density at radius 3 is 1.95 bits per heavy atom. The van der Waals surface area contributed by atoms with Crippen LogP contribution in [0.2, 0.25) is 0 Å². The van der Waals surface area contributed by atoms with Crippen LogP contribution in [0.25, 0.3) is 0 Å². The first kappa shape index (κ1) is 15.7. The van der Waals surface area contributed by atoms with Crippen LogP contribution in [0.3, 0.4) is 0 Å². The van der Waals surface area contributed by atoms with Gasteiger partial charge in [0.05, 0.1) is 27.0 Å². The number of esters is 3. The number of hydrogen-bond acceptors (Lipinski definition) is 7. The molecule has 0 fully saturated rings. The van der Waals surface area contributed by atoms with Crippen molar-refractivity contribution in [3.63, 3.8) is 0 Å². The van der Waals surface area contributed by atoms with Crippen molar-refractivity contribution in [2.75, 3.05) is 21.3 Å². The van der Waals surface area contributed by atoms with E-state index in [0.717, 1.165) is 14.2 Å². The third kappa shape index (κ3) is 2.14. The highest BCUT2D eigenvalue weighted by molar-refractivity contribution is 6.28. The van der Waals surface area contributed by atoms with Crippen LogP contribution in [0, 0.1) is 5.92 Å². The molecule has 1 aromatic rings. The van der Waals surface area contributed by atoms with E-state index in [1.165, 1.54) is 7.11 Å². The first-order chi connectivity index (χ1) is 10.5. The number of benzene rings is 1. The van der Waals surface area contributed by atoms with Crippen molar-refractivity contribution in [1.29, 1.82) is 0 Å². The fourth-order valence-electron chi connectivity index (χ4n) is 2.41. The van der Waals surface area contributed by atoms with E-state index in [1.54, 1.807) is 30.3 Å². The molecule has 7 nitrogen and oxygen atoms in total. The van der Waals surface area contributed by atoms with Gasteiger partial charge in [-0.15, -0.1) is 0 Å². The molecule has 1 aromatic carbocycles. The van der Waals surface area contributed by atoms with E-state index in [-0.39, 0.29) is 5.71 Å². The van der Waals surface area contributed by atoms with Crippen molar-refractivity contribution >= 4 is 23.6 Å². The van der Waals surface area contributed by atoms with E-state index in [2.05, 4.69) is 14.5 Å². The summed E-state index contributed by atoms with van der Waals surface area (Å²) in [4.78, 5) is 40.4. The summed E-state index contributed by atoms with van der Waals surface area (Å²) in [5, 5.41) is 0. The van der Waals surface area contributed by atoms with Crippen molar-refractivity contribution in [2.24, 2.45) is 10.9 Å². The number of aliphatic imine (C=N–C) groups is 1. The van der Waals surface area contributed by atoms with Gasteiger partial charge in [-0.05, 0) is 5.56 Å². The maximum atomic E-state index is 12.1. The zero-order chi connectivity index (χ0) is 16.3. The van der Waals surface area contributed by atoms with Gasteiger partial charge in [0.25, 0.3) is 5.54 Å². The maximum absolute atomic E-state index is 12.1. The Labute approximate surface area is 126 Å². The van der Waals surface area contributed by atoms with Gasteiger partial charge < -0.3 is 14.2 Å². The van der Waals surface area contributed by atoms with E-state index in [0.29, 0.717) is 5.56 Å². The number of carbonyl (C=O) groups excluding carboxylic acids is 3. The van der Waals surface area contributed by atoms with Gasteiger partial charge in [0, 0.05) is 0 Å². The molecule has 1 aliphatic rings. The van der Waals surface area contributed by atoms with Gasteiger partial charge in [0.15, 0.2) is 0 Å². The third-order valence-electron chi connectivity index (χ3n) is 3.49. The fourth-order valence-corrected chi connectivity index (χ4v) is 2.41. The van der Waals surface area contributed by atoms with Crippen molar-refractivity contribution in [2.45, 2.75) is 5.54 Å². The zero-order valence-corrected chi connectivity index (χ0v) is 12.4. The molecular weight excluding hydrogens is 290 g/mol. The lowest BCUT2D eigenvalue weighted by atomic mass is 9.72. The molecule has 1 heterocycles. The van der Waals surface area contributed by atoms with Crippen LogP contribution in [0.5, 0.6) is 0 Å². The second kappa shape index (κ2) is 5.97. The van der Waals surface area contributed by atoms with Crippen molar-refractivity contribution in [3.05, 3.63) is 35.9 Å². The molecule has 0 aliphatic carbocycles. The van der Waals surface area contributed by atoms with Crippen LogP contribution < -0.4 is 0 Å². The predicted octanol–water partition coefficient (Wildman–Crippen LogP) is 0.363. The minimum Gasteiger partial charge on any atom is -0.468 e. The molecule has 1 unspecified atom stereocenters. The Bertz CT molecular complexity index is 621. The Hall–Kier alpha value is -2.70. The minimum absolute atomic E-state index is 0.281. The standard InChI is InChI=1S/C15H15NO6/c1-20-12(17)10-11(9-7-5-4-6-8-9)16-15(10,13(18)21-2)14(19)22-3/h4-8,10H,1-3H3. The van der Waals surface area contributed by atoms with Gasteiger partial charge in [-0.25, -0.2) is 9.59 Å². The number of rotatable bonds is 4. The number of hydrogen-bond donors (Lipinski definition) is 0. The summed E-state index contributed by atoms with van der Waals surface area (Å²) >= 11 is 0. The lowest BCUT2D eigenvalue weighted by molar-refractivity contribution is -0.170. The summed E-state index contributed by atoms with van der Waals surface area (Å²) < 4.78 is 14.0. The highest BCUT2D eigenvalue weighted by Crippen LogP contribution is 2.39. The summed E-state index contributed by atoms with van der Waals surface area (Å²) in [6.45, 7) is 0. The number of carbonyl (C=O) groups is 3. The Kier molecular flexibility index (Phi) is 4.25. The molecule has 0 amide bonds. The Morgan fingerprint density at radius 2 is 1.50 bits per heavy atom. The lowest BCUT2D eigenvalue weighted by Gasteiger charge is -2.39. The van der Waals surface area contributed by atoms with Crippen LogP contribution in [-0.4, -0.2) is 50.5 Å². The number of nitrogens with zero attached hydrogens (tertiary/aromatic N) is 1. The molecular formula is C15H15NO6. The summed E-state index contributed by atoms with van der Waals surface area (Å²) in [5.74, 6) is -3.90. The molecule has 0 radical (unpaired) electrons. The second-order valence-corrected chi connectivity index (χ2v) is 4.57. The topological polar surface area (TPSA) is 91.3 Å². The zero-order valence-electron chi connectivity index (χ0n) is 12.4. The molecule has 2 rings (SSSR count). The van der Waals surface area contributed by atoms with E-state index < -0.39 is 29.4 Å². The molecule has 0 saturated heterocycles. The van der Waals surface area contributed by atoms with Crippen LogP contribution in [0.4, 0.5) is 0 Å². The number of methoxy groups -OCH3 is 3. The molecule has 22 heavy (non-hydrogen) atoms. The predicted molar refractivity (Wildman–Crippen MR) is 75.2 cm³/mol. The van der Waals surface area contributed by atoms with Crippen LogP contribution in [0.1, 0.15) is 5.56 Å². The van der Waals surface area contributed by atoms with E-state index in [1.807, 2.05) is 0 Å². The second-order valence-electron chi connectivity index (χ2n) is 4.57. The van der Waals surface area contributed by atoms with Gasteiger partial charge >= 0.3 is 17.9 Å². The SMILES string of the molecule is COC(=O)C1C(c2ccccc2)=NC1(C(=O)OC)C(=O)OC. The smallest absolute Gasteiger partial charge is 0.346 e. The number of ether oxygens (including phenoxy) is 3. The highest BCUT2D eigenvalue weighted by Gasteiger charge is 2.66. The average Bonchev–Trinajstić information content (AvgIpc) is 2.54. The highest BCUT2D eigenvalue weighted by atomic mass is 16.6. The monoisotopic (exact) mass is 305 g/mol. The normalized spacial score (nSPS) is 18.5. The molecule has 7 heteroatoms. The molecule has 0 saturated carbocycles. The van der Waals surface area contributed by atoms with Gasteiger partial charge in [0.1, 0.15) is 5.92 Å². The average molecular weight is 305 g/mol. The third-order valence-corrected chi connectivity index (χ3v) is 3.49. The van der Waals surface area contributed by atoms with E-state index >= 15 is 0 Å². The first-order valence-electron chi connectivity index (χ1n) is 6.42. The Morgan fingerprint density at radius 1 is 0.955 bits per heavy atom. The van der Waals surface area contributed by atoms with E-state index in [9.17, 15) is 14.4 Å². The maximum Gasteiger partial charge on any atom is 0.346 e. The van der Waals surface area contributed by atoms with Gasteiger partial charge in [-0.1, -0.05) is 30.3 Å². The summed E-state index contributed by atoms with van der Waals surface area (Å²) in [5.41, 5.74) is -1.16. The summed E-state index contributed by atoms with van der Waals surface area (Å²) in [7, 11) is 3.39. The molecule has 0 bridgehead atoms. The quantitative estimate of drug-likeness (QED) is 0.453. The largest absolute Gasteiger partial charge is 0.468 e. The molecule has 1 aliphatic heterocycles.